The molecule has 9 heteroatoms. The summed E-state index contributed by atoms with van der Waals surface area (Å²) < 4.78 is 5.02. The van der Waals surface area contributed by atoms with Crippen LogP contribution in [0.2, 0.25) is 0 Å². The Morgan fingerprint density at radius 3 is 1.81 bits per heavy atom. The fourth-order valence-electron chi connectivity index (χ4n) is 1.98. The summed E-state index contributed by atoms with van der Waals surface area (Å²) in [6.45, 7) is 11.5. The van der Waals surface area contributed by atoms with Crippen LogP contribution in [0.15, 0.2) is 0 Å². The van der Waals surface area contributed by atoms with E-state index in [-0.39, 0.29) is 18.4 Å². The molecular formula is C17H31N3O6. The number of alkyl carbamates (subject to hydrolysis) is 1. The summed E-state index contributed by atoms with van der Waals surface area (Å²) in [5.74, 6) is -2.91. The third kappa shape index (κ3) is 9.24. The molecule has 0 unspecified atom stereocenters. The predicted molar refractivity (Wildman–Crippen MR) is 95.4 cm³/mol. The molecule has 9 nitrogen and oxygen atoms in total. The molecule has 0 aliphatic carbocycles. The SMILES string of the molecule is CC(C)[C@H](NC(=O)[C@@H](NC(=O)CNC(=O)OC(C)(C)C)C(C)C)C(=O)O. The van der Waals surface area contributed by atoms with E-state index >= 15 is 0 Å². The van der Waals surface area contributed by atoms with Gasteiger partial charge in [-0.05, 0) is 32.6 Å². The number of amides is 3. The summed E-state index contributed by atoms with van der Waals surface area (Å²) in [7, 11) is 0. The molecule has 0 saturated carbocycles. The second kappa shape index (κ2) is 9.98. The van der Waals surface area contributed by atoms with Crippen LogP contribution in [-0.2, 0) is 19.1 Å². The molecule has 0 aromatic heterocycles. The van der Waals surface area contributed by atoms with Crippen molar-refractivity contribution >= 4 is 23.9 Å². The largest absolute Gasteiger partial charge is 0.480 e. The maximum Gasteiger partial charge on any atom is 0.408 e. The van der Waals surface area contributed by atoms with Gasteiger partial charge in [0.05, 0.1) is 0 Å². The summed E-state index contributed by atoms with van der Waals surface area (Å²) in [6, 6.07) is -1.98. The van der Waals surface area contributed by atoms with Crippen molar-refractivity contribution in [2.24, 2.45) is 11.8 Å². The van der Waals surface area contributed by atoms with E-state index in [2.05, 4.69) is 16.0 Å². The van der Waals surface area contributed by atoms with E-state index in [0.717, 1.165) is 0 Å². The molecule has 2 atom stereocenters. The molecule has 0 spiro atoms. The minimum atomic E-state index is -1.14. The number of nitrogens with one attached hydrogen (secondary N) is 3. The lowest BCUT2D eigenvalue weighted by Crippen LogP contribution is -2.56. The first-order valence-corrected chi connectivity index (χ1v) is 8.54. The molecule has 0 fully saturated rings. The standard InChI is InChI=1S/C17H31N3O6/c1-9(2)12(14(22)20-13(10(3)4)15(23)24)19-11(21)8-18-16(25)26-17(5,6)7/h9-10,12-13H,8H2,1-7H3,(H,18,25)(H,19,21)(H,20,22)(H,23,24)/t12-,13-/m0/s1. The fraction of sp³-hybridized carbons (Fsp3) is 0.765. The number of rotatable bonds is 8. The zero-order valence-corrected chi connectivity index (χ0v) is 16.5. The molecular weight excluding hydrogens is 342 g/mol. The fourth-order valence-corrected chi connectivity index (χ4v) is 1.98. The molecule has 0 aliphatic rings. The molecule has 0 rings (SSSR count). The number of carboxylic acid groups (broad SMARTS) is 1. The molecule has 26 heavy (non-hydrogen) atoms. The summed E-state index contributed by atoms with van der Waals surface area (Å²) in [4.78, 5) is 47.1. The van der Waals surface area contributed by atoms with Crippen LogP contribution in [-0.4, -0.2) is 53.2 Å². The van der Waals surface area contributed by atoms with Gasteiger partial charge < -0.3 is 25.8 Å². The van der Waals surface area contributed by atoms with Crippen LogP contribution in [0.1, 0.15) is 48.5 Å². The number of ether oxygens (including phenoxy) is 1. The Kier molecular flexibility index (Phi) is 9.09. The summed E-state index contributed by atoms with van der Waals surface area (Å²) in [5, 5.41) is 16.4. The smallest absolute Gasteiger partial charge is 0.408 e. The number of hydrogen-bond donors (Lipinski definition) is 4. The van der Waals surface area contributed by atoms with E-state index in [4.69, 9.17) is 9.84 Å². The molecule has 0 bridgehead atoms. The van der Waals surface area contributed by atoms with Crippen molar-refractivity contribution in [3.8, 4) is 0 Å². The molecule has 0 aliphatic heterocycles. The van der Waals surface area contributed by atoms with Gasteiger partial charge in [-0.3, -0.25) is 9.59 Å². The van der Waals surface area contributed by atoms with Gasteiger partial charge in [-0.2, -0.15) is 0 Å². The molecule has 4 N–H and O–H groups in total. The van der Waals surface area contributed by atoms with Crippen LogP contribution in [0.5, 0.6) is 0 Å². The van der Waals surface area contributed by atoms with Crippen molar-refractivity contribution in [2.75, 3.05) is 6.54 Å². The Morgan fingerprint density at radius 2 is 1.42 bits per heavy atom. The number of carbonyl (C=O) groups excluding carboxylic acids is 3. The Hall–Kier alpha value is -2.32. The van der Waals surface area contributed by atoms with Crippen molar-refractivity contribution in [1.29, 1.82) is 0 Å². The van der Waals surface area contributed by atoms with E-state index in [1.807, 2.05) is 0 Å². The van der Waals surface area contributed by atoms with Crippen molar-refractivity contribution in [3.63, 3.8) is 0 Å². The van der Waals surface area contributed by atoms with Crippen LogP contribution >= 0.6 is 0 Å². The van der Waals surface area contributed by atoms with E-state index in [1.54, 1.807) is 48.5 Å². The lowest BCUT2D eigenvalue weighted by atomic mass is 10.0. The highest BCUT2D eigenvalue weighted by atomic mass is 16.6. The second-order valence-electron chi connectivity index (χ2n) is 7.71. The molecule has 3 amide bonds. The van der Waals surface area contributed by atoms with Crippen molar-refractivity contribution < 1.29 is 29.0 Å². The first kappa shape index (κ1) is 23.7. The van der Waals surface area contributed by atoms with Gasteiger partial charge in [-0.1, -0.05) is 27.7 Å². The van der Waals surface area contributed by atoms with E-state index in [0.29, 0.717) is 0 Å². The van der Waals surface area contributed by atoms with Gasteiger partial charge in [-0.25, -0.2) is 9.59 Å². The van der Waals surface area contributed by atoms with Gasteiger partial charge in [-0.15, -0.1) is 0 Å². The summed E-state index contributed by atoms with van der Waals surface area (Å²) in [5.41, 5.74) is -0.691. The number of carbonyl (C=O) groups is 4. The van der Waals surface area contributed by atoms with Crippen molar-refractivity contribution in [1.82, 2.24) is 16.0 Å². The summed E-state index contributed by atoms with van der Waals surface area (Å²) in [6.07, 6.45) is -0.746. The van der Waals surface area contributed by atoms with E-state index in [9.17, 15) is 19.2 Å². The maximum atomic E-state index is 12.4. The Bertz CT molecular complexity index is 525. The molecule has 0 aromatic rings. The highest BCUT2D eigenvalue weighted by Gasteiger charge is 2.30. The molecule has 0 radical (unpaired) electrons. The Balaban J connectivity index is 4.76. The normalized spacial score (nSPS) is 13.7. The Labute approximate surface area is 154 Å². The number of aliphatic carboxylic acids is 1. The third-order valence-electron chi connectivity index (χ3n) is 3.29. The van der Waals surface area contributed by atoms with Gasteiger partial charge in [0.1, 0.15) is 24.2 Å². The van der Waals surface area contributed by atoms with E-state index < -0.39 is 41.6 Å². The minimum Gasteiger partial charge on any atom is -0.480 e. The molecule has 0 heterocycles. The highest BCUT2D eigenvalue weighted by molar-refractivity contribution is 5.91. The maximum absolute atomic E-state index is 12.4. The van der Waals surface area contributed by atoms with Gasteiger partial charge >= 0.3 is 12.1 Å². The monoisotopic (exact) mass is 373 g/mol. The van der Waals surface area contributed by atoms with Gasteiger partial charge in [0.15, 0.2) is 0 Å². The minimum absolute atomic E-state index is 0.276. The van der Waals surface area contributed by atoms with Crippen molar-refractivity contribution in [3.05, 3.63) is 0 Å². The average Bonchev–Trinajstić information content (AvgIpc) is 2.45. The second-order valence-corrected chi connectivity index (χ2v) is 7.71. The van der Waals surface area contributed by atoms with Gasteiger partial charge in [0.2, 0.25) is 11.8 Å². The topological polar surface area (TPSA) is 134 Å². The predicted octanol–water partition coefficient (Wildman–Crippen LogP) is 0.877. The summed E-state index contributed by atoms with van der Waals surface area (Å²) >= 11 is 0. The van der Waals surface area contributed by atoms with Gasteiger partial charge in [0.25, 0.3) is 0 Å². The van der Waals surface area contributed by atoms with Crippen LogP contribution in [0, 0.1) is 11.8 Å². The zero-order valence-electron chi connectivity index (χ0n) is 16.5. The number of carboxylic acids is 1. The average molecular weight is 373 g/mol. The van der Waals surface area contributed by atoms with Gasteiger partial charge in [0, 0.05) is 0 Å². The lowest BCUT2D eigenvalue weighted by molar-refractivity contribution is -0.143. The van der Waals surface area contributed by atoms with Crippen LogP contribution < -0.4 is 16.0 Å². The quantitative estimate of drug-likeness (QED) is 0.499. The van der Waals surface area contributed by atoms with Crippen LogP contribution in [0.4, 0.5) is 4.79 Å². The highest BCUT2D eigenvalue weighted by Crippen LogP contribution is 2.07. The first-order chi connectivity index (χ1) is 11.7. The third-order valence-corrected chi connectivity index (χ3v) is 3.29. The lowest BCUT2D eigenvalue weighted by Gasteiger charge is -2.25. The van der Waals surface area contributed by atoms with Crippen molar-refractivity contribution in [2.45, 2.75) is 66.2 Å². The molecule has 0 aromatic carbocycles. The van der Waals surface area contributed by atoms with Crippen LogP contribution in [0.25, 0.3) is 0 Å². The number of hydrogen-bond acceptors (Lipinski definition) is 5. The van der Waals surface area contributed by atoms with Crippen LogP contribution in [0.3, 0.4) is 0 Å². The molecule has 150 valence electrons. The Morgan fingerprint density at radius 1 is 0.923 bits per heavy atom. The first-order valence-electron chi connectivity index (χ1n) is 8.54. The zero-order chi connectivity index (χ0) is 20.7. The van der Waals surface area contributed by atoms with E-state index in [1.165, 1.54) is 0 Å². The molecule has 0 saturated heterocycles.